The van der Waals surface area contributed by atoms with Crippen molar-refractivity contribution >= 4 is 5.97 Å². The lowest BCUT2D eigenvalue weighted by Gasteiger charge is -2.07. The van der Waals surface area contributed by atoms with Crippen LogP contribution in [0.15, 0.2) is 24.3 Å². The molecule has 22 heavy (non-hydrogen) atoms. The van der Waals surface area contributed by atoms with Gasteiger partial charge in [-0.25, -0.2) is 0 Å². The molecule has 2 unspecified atom stereocenters. The summed E-state index contributed by atoms with van der Waals surface area (Å²) in [6.07, 6.45) is 18.1. The number of carboxylic acids is 1. The number of rotatable bonds is 14. The van der Waals surface area contributed by atoms with Crippen LogP contribution in [0.5, 0.6) is 0 Å². The van der Waals surface area contributed by atoms with Crippen LogP contribution in [0.2, 0.25) is 0 Å². The molecule has 0 aromatic carbocycles. The Morgan fingerprint density at radius 2 is 1.68 bits per heavy atom. The summed E-state index contributed by atoms with van der Waals surface area (Å²) in [5.74, 6) is -0.944. The Morgan fingerprint density at radius 3 is 2.32 bits per heavy atom. The maximum atomic E-state index is 10.7. The van der Waals surface area contributed by atoms with E-state index in [2.05, 4.69) is 13.0 Å². The van der Waals surface area contributed by atoms with Crippen LogP contribution in [0.1, 0.15) is 78.1 Å². The maximum absolute atomic E-state index is 10.7. The Balaban J connectivity index is 3.49. The fourth-order valence-electron chi connectivity index (χ4n) is 2.26. The van der Waals surface area contributed by atoms with Crippen LogP contribution in [0.4, 0.5) is 0 Å². The first-order valence-electron chi connectivity index (χ1n) is 8.82. The van der Waals surface area contributed by atoms with E-state index in [-0.39, 0.29) is 12.0 Å². The van der Waals surface area contributed by atoms with E-state index in [1.807, 2.05) is 18.2 Å². The van der Waals surface area contributed by atoms with E-state index in [1.165, 1.54) is 19.3 Å². The normalized spacial score (nSPS) is 14.7. The lowest BCUT2D eigenvalue weighted by molar-refractivity contribution is -0.141. The zero-order valence-electron chi connectivity index (χ0n) is 14.3. The summed E-state index contributed by atoms with van der Waals surface area (Å²) in [7, 11) is 0. The number of carboxylic acid groups (broad SMARTS) is 1. The molecule has 0 aliphatic rings. The molecule has 0 radical (unpaired) electrons. The van der Waals surface area contributed by atoms with E-state index in [1.54, 1.807) is 6.92 Å². The number of aliphatic hydroxyl groups is 1. The summed E-state index contributed by atoms with van der Waals surface area (Å²) >= 11 is 0. The zero-order chi connectivity index (χ0) is 16.6. The van der Waals surface area contributed by atoms with Crippen LogP contribution < -0.4 is 0 Å². The summed E-state index contributed by atoms with van der Waals surface area (Å²) < 4.78 is 0. The average molecular weight is 310 g/mol. The number of aliphatic hydroxyl groups excluding tert-OH is 1. The summed E-state index contributed by atoms with van der Waals surface area (Å²) in [5, 5.41) is 18.6. The molecule has 128 valence electrons. The predicted molar refractivity (Wildman–Crippen MR) is 92.9 cm³/mol. The van der Waals surface area contributed by atoms with Crippen LogP contribution in [0.3, 0.4) is 0 Å². The van der Waals surface area contributed by atoms with Crippen molar-refractivity contribution in [3.05, 3.63) is 24.3 Å². The molecule has 0 bridgehead atoms. The van der Waals surface area contributed by atoms with Gasteiger partial charge < -0.3 is 10.2 Å². The van der Waals surface area contributed by atoms with Crippen molar-refractivity contribution in [2.45, 2.75) is 84.2 Å². The molecular formula is C19H34O3. The number of aliphatic carboxylic acids is 1. The molecule has 0 aromatic rings. The first-order valence-corrected chi connectivity index (χ1v) is 8.82. The highest BCUT2D eigenvalue weighted by Gasteiger charge is 2.09. The Morgan fingerprint density at radius 1 is 1.00 bits per heavy atom. The molecule has 2 N–H and O–H groups in total. The minimum absolute atomic E-state index is 0.238. The van der Waals surface area contributed by atoms with Gasteiger partial charge in [-0.1, -0.05) is 76.7 Å². The van der Waals surface area contributed by atoms with Crippen LogP contribution in [0.25, 0.3) is 0 Å². The van der Waals surface area contributed by atoms with E-state index in [4.69, 9.17) is 5.11 Å². The predicted octanol–water partition coefficient (Wildman–Crippen LogP) is 5.10. The summed E-state index contributed by atoms with van der Waals surface area (Å²) in [5.41, 5.74) is 0. The summed E-state index contributed by atoms with van der Waals surface area (Å²) in [6.45, 7) is 3.96. The van der Waals surface area contributed by atoms with Gasteiger partial charge in [-0.05, 0) is 25.7 Å². The highest BCUT2D eigenvalue weighted by Crippen LogP contribution is 2.12. The zero-order valence-corrected chi connectivity index (χ0v) is 14.3. The van der Waals surface area contributed by atoms with Gasteiger partial charge in [0.2, 0.25) is 0 Å². The minimum atomic E-state index is -0.705. The van der Waals surface area contributed by atoms with E-state index in [0.717, 1.165) is 44.9 Å². The smallest absolute Gasteiger partial charge is 0.306 e. The van der Waals surface area contributed by atoms with Crippen LogP contribution in [-0.4, -0.2) is 22.3 Å². The largest absolute Gasteiger partial charge is 0.481 e. The molecular weight excluding hydrogens is 276 g/mol. The third kappa shape index (κ3) is 13.9. The molecule has 0 fully saturated rings. The van der Waals surface area contributed by atoms with Gasteiger partial charge in [0.1, 0.15) is 0 Å². The Labute approximate surface area is 136 Å². The number of allylic oxidation sites excluding steroid dienone is 3. The minimum Gasteiger partial charge on any atom is -0.481 e. The van der Waals surface area contributed by atoms with Crippen molar-refractivity contribution in [2.75, 3.05) is 0 Å². The van der Waals surface area contributed by atoms with E-state index in [9.17, 15) is 9.90 Å². The second kappa shape index (κ2) is 14.8. The van der Waals surface area contributed by atoms with Gasteiger partial charge in [-0.2, -0.15) is 0 Å². The van der Waals surface area contributed by atoms with Gasteiger partial charge in [-0.3, -0.25) is 4.79 Å². The van der Waals surface area contributed by atoms with E-state index >= 15 is 0 Å². The number of hydrogen-bond donors (Lipinski definition) is 2. The third-order valence-corrected chi connectivity index (χ3v) is 3.86. The van der Waals surface area contributed by atoms with Gasteiger partial charge in [0.15, 0.2) is 0 Å². The van der Waals surface area contributed by atoms with E-state index in [0.29, 0.717) is 0 Å². The molecule has 0 heterocycles. The van der Waals surface area contributed by atoms with Gasteiger partial charge >= 0.3 is 5.97 Å². The molecule has 0 rings (SSSR count). The van der Waals surface area contributed by atoms with E-state index < -0.39 is 5.97 Å². The fraction of sp³-hybridized carbons (Fsp3) is 0.737. The Hall–Kier alpha value is -1.09. The molecule has 0 aliphatic heterocycles. The van der Waals surface area contributed by atoms with Crippen LogP contribution in [0, 0.1) is 5.92 Å². The highest BCUT2D eigenvalue weighted by atomic mass is 16.4. The average Bonchev–Trinajstić information content (AvgIpc) is 2.49. The van der Waals surface area contributed by atoms with Gasteiger partial charge in [0.25, 0.3) is 0 Å². The lowest BCUT2D eigenvalue weighted by atomic mass is 10.0. The summed E-state index contributed by atoms with van der Waals surface area (Å²) in [6, 6.07) is 0. The molecule has 0 aliphatic carbocycles. The molecule has 0 spiro atoms. The van der Waals surface area contributed by atoms with Gasteiger partial charge in [0.05, 0.1) is 12.0 Å². The molecule has 3 heteroatoms. The monoisotopic (exact) mass is 310 g/mol. The fourth-order valence-corrected chi connectivity index (χ4v) is 2.26. The van der Waals surface area contributed by atoms with Gasteiger partial charge in [-0.15, -0.1) is 0 Å². The summed E-state index contributed by atoms with van der Waals surface area (Å²) in [4.78, 5) is 10.7. The number of carbonyl (C=O) groups is 1. The van der Waals surface area contributed by atoms with Crippen molar-refractivity contribution in [3.8, 4) is 0 Å². The first-order chi connectivity index (χ1) is 10.6. The lowest BCUT2D eigenvalue weighted by Crippen LogP contribution is -2.08. The number of hydrogen-bond acceptors (Lipinski definition) is 2. The Kier molecular flexibility index (Phi) is 14.1. The molecule has 0 aromatic heterocycles. The molecule has 3 nitrogen and oxygen atoms in total. The van der Waals surface area contributed by atoms with Crippen molar-refractivity contribution in [2.24, 2.45) is 5.92 Å². The highest BCUT2D eigenvalue weighted by molar-refractivity contribution is 5.69. The molecule has 2 atom stereocenters. The van der Waals surface area contributed by atoms with Crippen molar-refractivity contribution in [3.63, 3.8) is 0 Å². The molecule has 0 saturated carbocycles. The third-order valence-electron chi connectivity index (χ3n) is 3.86. The first kappa shape index (κ1) is 20.9. The quantitative estimate of drug-likeness (QED) is 0.346. The number of unbranched alkanes of at least 4 members (excludes halogenated alkanes) is 6. The topological polar surface area (TPSA) is 57.5 Å². The van der Waals surface area contributed by atoms with Crippen molar-refractivity contribution in [1.82, 2.24) is 0 Å². The van der Waals surface area contributed by atoms with Crippen molar-refractivity contribution < 1.29 is 15.0 Å². The molecule has 0 amide bonds. The Bertz CT molecular complexity index is 321. The van der Waals surface area contributed by atoms with Crippen molar-refractivity contribution in [1.29, 1.82) is 0 Å². The van der Waals surface area contributed by atoms with Crippen LogP contribution in [-0.2, 0) is 4.79 Å². The second-order valence-electron chi connectivity index (χ2n) is 6.11. The second-order valence-corrected chi connectivity index (χ2v) is 6.11. The maximum Gasteiger partial charge on any atom is 0.306 e. The SMILES string of the molecule is CCCCCC=CC=CC(O)CCCCCCC(C)C(=O)O. The van der Waals surface area contributed by atoms with Crippen LogP contribution >= 0.6 is 0 Å². The molecule has 0 saturated heterocycles. The standard InChI is InChI=1S/C19H34O3/c1-3-4-5-6-7-8-12-15-18(20)16-13-10-9-11-14-17(2)19(21)22/h7-8,12,15,17-18,20H,3-6,9-11,13-14,16H2,1-2H3,(H,21,22). The van der Waals surface area contributed by atoms with Gasteiger partial charge in [0, 0.05) is 0 Å².